The minimum absolute atomic E-state index is 0.000453. The van der Waals surface area contributed by atoms with Crippen molar-refractivity contribution in [2.75, 3.05) is 55.7 Å². The van der Waals surface area contributed by atoms with Crippen LogP contribution in [0.3, 0.4) is 0 Å². The standard InChI is InChI=1S/C14H18FN5O2/c15-11-6-17-14(18-12(11)19-1-3-22-4-2-19)20-7-9-5-16-13(21)10(9)8-20/h6,9-10H,1-5,7-8H2,(H,16,21)/t9-,10+/m0/s1. The Labute approximate surface area is 127 Å². The van der Waals surface area contributed by atoms with Crippen LogP contribution in [0.5, 0.6) is 0 Å². The number of fused-ring (bicyclic) bond motifs is 1. The number of aromatic nitrogens is 2. The van der Waals surface area contributed by atoms with Gasteiger partial charge >= 0.3 is 0 Å². The molecule has 22 heavy (non-hydrogen) atoms. The van der Waals surface area contributed by atoms with Crippen molar-refractivity contribution in [2.45, 2.75) is 0 Å². The zero-order valence-corrected chi connectivity index (χ0v) is 12.2. The Morgan fingerprint density at radius 1 is 1.27 bits per heavy atom. The molecule has 3 aliphatic rings. The van der Waals surface area contributed by atoms with Crippen LogP contribution in [-0.2, 0) is 9.53 Å². The fraction of sp³-hybridized carbons (Fsp3) is 0.643. The fourth-order valence-corrected chi connectivity index (χ4v) is 3.40. The van der Waals surface area contributed by atoms with Gasteiger partial charge in [0, 0.05) is 38.6 Å². The van der Waals surface area contributed by atoms with Crippen molar-refractivity contribution in [3.63, 3.8) is 0 Å². The molecule has 0 unspecified atom stereocenters. The molecule has 4 heterocycles. The molecule has 0 spiro atoms. The minimum Gasteiger partial charge on any atom is -0.378 e. The Morgan fingerprint density at radius 2 is 2.09 bits per heavy atom. The summed E-state index contributed by atoms with van der Waals surface area (Å²) in [6.07, 6.45) is 1.22. The summed E-state index contributed by atoms with van der Waals surface area (Å²) in [4.78, 5) is 24.1. The average Bonchev–Trinajstić information content (AvgIpc) is 3.11. The fourth-order valence-electron chi connectivity index (χ4n) is 3.40. The van der Waals surface area contributed by atoms with Crippen molar-refractivity contribution in [1.82, 2.24) is 15.3 Å². The second-order valence-electron chi connectivity index (χ2n) is 5.96. The SMILES string of the molecule is O=C1NC[C@H]2CN(c3ncc(F)c(N4CCOCC4)n3)C[C@@H]12. The molecule has 3 aliphatic heterocycles. The summed E-state index contributed by atoms with van der Waals surface area (Å²) < 4.78 is 19.3. The van der Waals surface area contributed by atoms with Crippen LogP contribution in [0.25, 0.3) is 0 Å². The number of rotatable bonds is 2. The molecule has 0 radical (unpaired) electrons. The first kappa shape index (κ1) is 13.7. The van der Waals surface area contributed by atoms with E-state index in [1.54, 1.807) is 0 Å². The van der Waals surface area contributed by atoms with Crippen molar-refractivity contribution in [1.29, 1.82) is 0 Å². The zero-order valence-electron chi connectivity index (χ0n) is 12.2. The molecular weight excluding hydrogens is 289 g/mol. The van der Waals surface area contributed by atoms with E-state index in [1.807, 2.05) is 9.80 Å². The molecule has 7 nitrogen and oxygen atoms in total. The molecule has 3 fully saturated rings. The molecule has 2 atom stereocenters. The highest BCUT2D eigenvalue weighted by Gasteiger charge is 2.43. The highest BCUT2D eigenvalue weighted by Crippen LogP contribution is 2.30. The maximum Gasteiger partial charge on any atom is 0.227 e. The van der Waals surface area contributed by atoms with E-state index in [2.05, 4.69) is 15.3 Å². The molecule has 1 aromatic rings. The van der Waals surface area contributed by atoms with Crippen LogP contribution < -0.4 is 15.1 Å². The number of carbonyl (C=O) groups is 1. The third-order valence-electron chi connectivity index (χ3n) is 4.62. The number of hydrogen-bond donors (Lipinski definition) is 1. The van der Waals surface area contributed by atoms with E-state index >= 15 is 0 Å². The number of nitrogens with zero attached hydrogens (tertiary/aromatic N) is 4. The summed E-state index contributed by atoms with van der Waals surface area (Å²) in [5.74, 6) is 0.819. The predicted octanol–water partition coefficient (Wildman–Crippen LogP) is -0.365. The van der Waals surface area contributed by atoms with Gasteiger partial charge in [0.1, 0.15) is 0 Å². The first-order chi connectivity index (χ1) is 10.7. The molecule has 8 heteroatoms. The van der Waals surface area contributed by atoms with Gasteiger partial charge < -0.3 is 19.9 Å². The maximum atomic E-state index is 14.0. The number of morpholine rings is 1. The molecule has 1 aromatic heterocycles. The Hall–Kier alpha value is -1.96. The van der Waals surface area contributed by atoms with E-state index in [4.69, 9.17) is 4.74 Å². The van der Waals surface area contributed by atoms with Crippen LogP contribution in [-0.4, -0.2) is 61.8 Å². The van der Waals surface area contributed by atoms with Crippen molar-refractivity contribution >= 4 is 17.7 Å². The lowest BCUT2D eigenvalue weighted by atomic mass is 10.0. The van der Waals surface area contributed by atoms with E-state index in [1.165, 1.54) is 6.20 Å². The van der Waals surface area contributed by atoms with Gasteiger partial charge in [0.2, 0.25) is 11.9 Å². The lowest BCUT2D eigenvalue weighted by Gasteiger charge is -2.28. The van der Waals surface area contributed by atoms with E-state index in [-0.39, 0.29) is 11.8 Å². The predicted molar refractivity (Wildman–Crippen MR) is 77.2 cm³/mol. The summed E-state index contributed by atoms with van der Waals surface area (Å²) in [5, 5.41) is 2.88. The summed E-state index contributed by atoms with van der Waals surface area (Å²) in [7, 11) is 0. The highest BCUT2D eigenvalue weighted by atomic mass is 19.1. The van der Waals surface area contributed by atoms with Crippen LogP contribution in [0.1, 0.15) is 0 Å². The number of carbonyl (C=O) groups excluding carboxylic acids is 1. The molecule has 1 amide bonds. The second kappa shape index (κ2) is 5.35. The number of anilines is 2. The molecule has 0 saturated carbocycles. The van der Waals surface area contributed by atoms with Crippen LogP contribution in [0, 0.1) is 17.7 Å². The number of ether oxygens (including phenoxy) is 1. The van der Waals surface area contributed by atoms with Gasteiger partial charge in [0.15, 0.2) is 11.6 Å². The maximum absolute atomic E-state index is 14.0. The third-order valence-corrected chi connectivity index (χ3v) is 4.62. The summed E-state index contributed by atoms with van der Waals surface area (Å²) in [6, 6.07) is 0. The van der Waals surface area contributed by atoms with Crippen LogP contribution >= 0.6 is 0 Å². The van der Waals surface area contributed by atoms with Crippen molar-refractivity contribution in [3.05, 3.63) is 12.0 Å². The minimum atomic E-state index is -0.414. The molecule has 3 saturated heterocycles. The van der Waals surface area contributed by atoms with Gasteiger partial charge in [-0.05, 0) is 0 Å². The first-order valence-corrected chi connectivity index (χ1v) is 7.60. The quantitative estimate of drug-likeness (QED) is 0.804. The van der Waals surface area contributed by atoms with E-state index in [0.717, 1.165) is 6.54 Å². The topological polar surface area (TPSA) is 70.6 Å². The van der Waals surface area contributed by atoms with Gasteiger partial charge in [-0.25, -0.2) is 9.37 Å². The largest absolute Gasteiger partial charge is 0.378 e. The molecular formula is C14H18FN5O2. The van der Waals surface area contributed by atoms with Crippen LogP contribution in [0.2, 0.25) is 0 Å². The van der Waals surface area contributed by atoms with Gasteiger partial charge in [0.05, 0.1) is 25.3 Å². The zero-order chi connectivity index (χ0) is 15.1. The number of amides is 1. The monoisotopic (exact) mass is 307 g/mol. The van der Waals surface area contributed by atoms with Crippen LogP contribution in [0.4, 0.5) is 16.2 Å². The van der Waals surface area contributed by atoms with E-state index in [9.17, 15) is 9.18 Å². The normalized spacial score (nSPS) is 28.0. The Bertz CT molecular complexity index is 593. The Morgan fingerprint density at radius 3 is 2.86 bits per heavy atom. The van der Waals surface area contributed by atoms with E-state index < -0.39 is 5.82 Å². The number of hydrogen-bond acceptors (Lipinski definition) is 6. The summed E-state index contributed by atoms with van der Waals surface area (Å²) in [6.45, 7) is 4.45. The van der Waals surface area contributed by atoms with Crippen LogP contribution in [0.15, 0.2) is 6.20 Å². The summed E-state index contributed by atoms with van der Waals surface area (Å²) >= 11 is 0. The van der Waals surface area contributed by atoms with Gasteiger partial charge in [-0.15, -0.1) is 0 Å². The van der Waals surface area contributed by atoms with Gasteiger partial charge in [-0.2, -0.15) is 4.98 Å². The lowest BCUT2D eigenvalue weighted by Crippen LogP contribution is -2.38. The Balaban J connectivity index is 1.56. The third kappa shape index (κ3) is 2.27. The van der Waals surface area contributed by atoms with Gasteiger partial charge in [-0.3, -0.25) is 4.79 Å². The molecule has 118 valence electrons. The first-order valence-electron chi connectivity index (χ1n) is 7.60. The lowest BCUT2D eigenvalue weighted by molar-refractivity contribution is -0.122. The van der Waals surface area contributed by atoms with Gasteiger partial charge in [0.25, 0.3) is 0 Å². The number of halogens is 1. The van der Waals surface area contributed by atoms with E-state index in [0.29, 0.717) is 57.1 Å². The second-order valence-corrected chi connectivity index (χ2v) is 5.96. The molecule has 1 N–H and O–H groups in total. The summed E-state index contributed by atoms with van der Waals surface area (Å²) in [5.41, 5.74) is 0. The molecule has 0 aromatic carbocycles. The number of nitrogens with one attached hydrogen (secondary N) is 1. The average molecular weight is 307 g/mol. The Kier molecular flexibility index (Phi) is 3.33. The molecule has 0 aliphatic carbocycles. The van der Waals surface area contributed by atoms with Crippen molar-refractivity contribution in [3.8, 4) is 0 Å². The van der Waals surface area contributed by atoms with Gasteiger partial charge in [-0.1, -0.05) is 0 Å². The highest BCUT2D eigenvalue weighted by molar-refractivity contribution is 5.82. The van der Waals surface area contributed by atoms with Crippen molar-refractivity contribution in [2.24, 2.45) is 11.8 Å². The smallest absolute Gasteiger partial charge is 0.227 e. The molecule has 4 rings (SSSR count). The molecule has 0 bridgehead atoms. The van der Waals surface area contributed by atoms with Crippen molar-refractivity contribution < 1.29 is 13.9 Å².